The van der Waals surface area contributed by atoms with Crippen molar-refractivity contribution in [3.05, 3.63) is 65.2 Å². The number of hydrogen-bond acceptors (Lipinski definition) is 4. The highest BCUT2D eigenvalue weighted by molar-refractivity contribution is 7.99. The number of carbonyl (C=O) groups is 2. The summed E-state index contributed by atoms with van der Waals surface area (Å²) >= 11 is 1.68. The van der Waals surface area contributed by atoms with E-state index in [1.54, 1.807) is 36.0 Å². The van der Waals surface area contributed by atoms with Crippen molar-refractivity contribution in [2.45, 2.75) is 6.92 Å². The molecule has 0 radical (unpaired) electrons. The van der Waals surface area contributed by atoms with E-state index in [2.05, 4.69) is 0 Å². The van der Waals surface area contributed by atoms with Crippen molar-refractivity contribution in [2.75, 3.05) is 24.7 Å². The highest BCUT2D eigenvalue weighted by Gasteiger charge is 2.34. The summed E-state index contributed by atoms with van der Waals surface area (Å²) in [6.07, 6.45) is 0. The van der Waals surface area contributed by atoms with Crippen LogP contribution in [0, 0.1) is 6.92 Å². The minimum absolute atomic E-state index is 0.188. The van der Waals surface area contributed by atoms with E-state index in [0.717, 1.165) is 11.5 Å². The number of thioether (sulfide) groups is 1. The molecule has 2 aromatic carbocycles. The smallest absolute Gasteiger partial charge is 0.261 e. The first kappa shape index (κ1) is 16.6. The van der Waals surface area contributed by atoms with Gasteiger partial charge in [0.1, 0.15) is 5.75 Å². The number of rotatable bonds is 7. The van der Waals surface area contributed by atoms with Crippen LogP contribution in [0.1, 0.15) is 26.3 Å². The quantitative estimate of drug-likeness (QED) is 0.572. The van der Waals surface area contributed by atoms with E-state index < -0.39 is 0 Å². The fraction of sp³-hybridized carbons (Fsp3) is 0.263. The molecule has 1 heterocycles. The van der Waals surface area contributed by atoms with Gasteiger partial charge in [0.15, 0.2) is 0 Å². The molecule has 1 aliphatic heterocycles. The molecule has 1 aliphatic rings. The van der Waals surface area contributed by atoms with Gasteiger partial charge in [-0.3, -0.25) is 14.5 Å². The maximum atomic E-state index is 12.2. The van der Waals surface area contributed by atoms with Gasteiger partial charge in [-0.1, -0.05) is 24.3 Å². The van der Waals surface area contributed by atoms with Crippen molar-refractivity contribution >= 4 is 23.6 Å². The summed E-state index contributed by atoms with van der Waals surface area (Å²) in [5, 5.41) is 0. The van der Waals surface area contributed by atoms with Gasteiger partial charge in [-0.05, 0) is 36.8 Å². The van der Waals surface area contributed by atoms with Crippen LogP contribution in [-0.4, -0.2) is 41.4 Å². The Labute approximate surface area is 145 Å². The van der Waals surface area contributed by atoms with Crippen LogP contribution in [0.4, 0.5) is 0 Å². The second kappa shape index (κ2) is 7.53. The number of hydrogen-bond donors (Lipinski definition) is 0. The van der Waals surface area contributed by atoms with Crippen LogP contribution in [0.15, 0.2) is 48.5 Å². The third-order valence-electron chi connectivity index (χ3n) is 3.82. The first-order chi connectivity index (χ1) is 11.7. The third-order valence-corrected chi connectivity index (χ3v) is 4.75. The minimum Gasteiger partial charge on any atom is -0.493 e. The minimum atomic E-state index is -0.188. The molecule has 0 spiro atoms. The van der Waals surface area contributed by atoms with Crippen LogP contribution in [0.2, 0.25) is 0 Å². The molecule has 2 aromatic rings. The topological polar surface area (TPSA) is 46.6 Å². The lowest BCUT2D eigenvalue weighted by atomic mass is 10.1. The van der Waals surface area contributed by atoms with Crippen LogP contribution in [0.5, 0.6) is 5.75 Å². The van der Waals surface area contributed by atoms with Crippen molar-refractivity contribution in [1.82, 2.24) is 4.90 Å². The summed E-state index contributed by atoms with van der Waals surface area (Å²) in [7, 11) is 0. The van der Waals surface area contributed by atoms with E-state index in [-0.39, 0.29) is 11.8 Å². The molecule has 4 nitrogen and oxygen atoms in total. The molecule has 0 saturated heterocycles. The van der Waals surface area contributed by atoms with Crippen LogP contribution in [0.25, 0.3) is 0 Å². The van der Waals surface area contributed by atoms with Crippen LogP contribution < -0.4 is 4.74 Å². The molecule has 0 fully saturated rings. The number of fused-ring (bicyclic) bond motifs is 1. The average molecular weight is 341 g/mol. The average Bonchev–Trinajstić information content (AvgIpc) is 2.83. The predicted octanol–water partition coefficient (Wildman–Crippen LogP) is 3.40. The van der Waals surface area contributed by atoms with Crippen molar-refractivity contribution in [3.8, 4) is 5.75 Å². The zero-order valence-corrected chi connectivity index (χ0v) is 14.3. The van der Waals surface area contributed by atoms with E-state index in [1.807, 2.05) is 31.2 Å². The molecule has 0 N–H and O–H groups in total. The van der Waals surface area contributed by atoms with Crippen LogP contribution in [-0.2, 0) is 0 Å². The lowest BCUT2D eigenvalue weighted by molar-refractivity contribution is 0.0664. The fourth-order valence-corrected chi connectivity index (χ4v) is 3.34. The van der Waals surface area contributed by atoms with Gasteiger partial charge in [0.25, 0.3) is 11.8 Å². The maximum absolute atomic E-state index is 12.2. The number of carbonyl (C=O) groups excluding carboxylic acids is 2. The Bertz CT molecular complexity index is 725. The molecule has 124 valence electrons. The van der Waals surface area contributed by atoms with Gasteiger partial charge in [0.2, 0.25) is 0 Å². The number of imide groups is 1. The molecule has 2 amide bonds. The summed E-state index contributed by atoms with van der Waals surface area (Å²) in [6, 6.07) is 14.9. The summed E-state index contributed by atoms with van der Waals surface area (Å²) in [5.41, 5.74) is 2.19. The van der Waals surface area contributed by atoms with Gasteiger partial charge in [-0.25, -0.2) is 0 Å². The van der Waals surface area contributed by atoms with Gasteiger partial charge >= 0.3 is 0 Å². The van der Waals surface area contributed by atoms with Crippen LogP contribution >= 0.6 is 11.8 Å². The molecule has 24 heavy (non-hydrogen) atoms. The molecule has 0 aromatic heterocycles. The summed E-state index contributed by atoms with van der Waals surface area (Å²) in [5.74, 6) is 2.02. The monoisotopic (exact) mass is 341 g/mol. The normalized spacial score (nSPS) is 13.3. The van der Waals surface area contributed by atoms with E-state index in [0.29, 0.717) is 30.0 Å². The maximum Gasteiger partial charge on any atom is 0.261 e. The first-order valence-corrected chi connectivity index (χ1v) is 9.05. The largest absolute Gasteiger partial charge is 0.493 e. The van der Waals surface area contributed by atoms with Gasteiger partial charge in [-0.2, -0.15) is 11.8 Å². The molecule has 3 rings (SSSR count). The fourth-order valence-electron chi connectivity index (χ4n) is 2.62. The van der Waals surface area contributed by atoms with Crippen molar-refractivity contribution in [2.24, 2.45) is 0 Å². The van der Waals surface area contributed by atoms with Crippen LogP contribution in [0.3, 0.4) is 0 Å². The Morgan fingerprint density at radius 2 is 1.67 bits per heavy atom. The van der Waals surface area contributed by atoms with E-state index in [4.69, 9.17) is 4.74 Å². The van der Waals surface area contributed by atoms with Gasteiger partial charge < -0.3 is 4.74 Å². The molecule has 5 heteroatoms. The van der Waals surface area contributed by atoms with E-state index in [9.17, 15) is 9.59 Å². The standard InChI is InChI=1S/C19H19NO3S/c1-14-5-4-6-15(13-14)23-10-12-24-11-9-20-18(21)16-7-2-3-8-17(16)19(20)22/h2-8,13H,9-12H2,1H3. The molecular formula is C19H19NO3S. The van der Waals surface area contributed by atoms with Gasteiger partial charge in [-0.15, -0.1) is 0 Å². The molecule has 0 saturated carbocycles. The Balaban J connectivity index is 1.40. The number of ether oxygens (including phenoxy) is 1. The predicted molar refractivity (Wildman–Crippen MR) is 95.8 cm³/mol. The van der Waals surface area contributed by atoms with Gasteiger partial charge in [0.05, 0.1) is 17.7 Å². The Morgan fingerprint density at radius 3 is 2.33 bits per heavy atom. The SMILES string of the molecule is Cc1cccc(OCCSCCN2C(=O)c3ccccc3C2=O)c1. The third kappa shape index (κ3) is 3.62. The molecule has 0 bridgehead atoms. The summed E-state index contributed by atoms with van der Waals surface area (Å²) < 4.78 is 5.68. The van der Waals surface area contributed by atoms with E-state index in [1.165, 1.54) is 10.5 Å². The zero-order valence-electron chi connectivity index (χ0n) is 13.5. The number of amides is 2. The second-order valence-corrected chi connectivity index (χ2v) is 6.81. The second-order valence-electron chi connectivity index (χ2n) is 5.58. The first-order valence-electron chi connectivity index (χ1n) is 7.89. The number of benzene rings is 2. The van der Waals surface area contributed by atoms with Crippen molar-refractivity contribution in [1.29, 1.82) is 0 Å². The lowest BCUT2D eigenvalue weighted by Gasteiger charge is -2.13. The molecule has 0 atom stereocenters. The lowest BCUT2D eigenvalue weighted by Crippen LogP contribution is -2.32. The van der Waals surface area contributed by atoms with Crippen molar-refractivity contribution < 1.29 is 14.3 Å². The zero-order chi connectivity index (χ0) is 16.9. The molecular weight excluding hydrogens is 322 g/mol. The van der Waals surface area contributed by atoms with Crippen molar-refractivity contribution in [3.63, 3.8) is 0 Å². The Hall–Kier alpha value is -2.27. The highest BCUT2D eigenvalue weighted by atomic mass is 32.2. The highest BCUT2D eigenvalue weighted by Crippen LogP contribution is 2.22. The molecule has 0 unspecified atom stereocenters. The number of aryl methyl sites for hydroxylation is 1. The Morgan fingerprint density at radius 1 is 0.958 bits per heavy atom. The van der Waals surface area contributed by atoms with Gasteiger partial charge in [0, 0.05) is 18.1 Å². The molecule has 0 aliphatic carbocycles. The number of nitrogens with zero attached hydrogens (tertiary/aromatic N) is 1. The van der Waals surface area contributed by atoms with E-state index >= 15 is 0 Å². The summed E-state index contributed by atoms with van der Waals surface area (Å²) in [6.45, 7) is 3.07. The Kier molecular flexibility index (Phi) is 5.20. The summed E-state index contributed by atoms with van der Waals surface area (Å²) in [4.78, 5) is 25.8.